The summed E-state index contributed by atoms with van der Waals surface area (Å²) in [5.74, 6) is 0.125. The number of benzene rings is 1. The third kappa shape index (κ3) is 2.61. The number of nitrogens with one attached hydrogen (secondary N) is 2. The summed E-state index contributed by atoms with van der Waals surface area (Å²) >= 11 is 0. The van der Waals surface area contributed by atoms with Crippen molar-refractivity contribution in [1.82, 2.24) is 10.0 Å². The molecule has 0 fully saturated rings. The number of sulfonamides is 1. The third-order valence-electron chi connectivity index (χ3n) is 2.78. The fourth-order valence-electron chi connectivity index (χ4n) is 1.75. The normalized spacial score (nSPS) is 15.1. The van der Waals surface area contributed by atoms with Crippen molar-refractivity contribution in [2.75, 3.05) is 5.75 Å². The molecule has 0 spiro atoms. The Hall–Kier alpha value is -0.910. The van der Waals surface area contributed by atoms with Gasteiger partial charge < -0.3 is 5.32 Å². The van der Waals surface area contributed by atoms with Gasteiger partial charge in [0.25, 0.3) is 0 Å². The van der Waals surface area contributed by atoms with Crippen molar-refractivity contribution in [3.8, 4) is 0 Å². The molecule has 0 aliphatic carbocycles. The molecule has 0 amide bonds. The van der Waals surface area contributed by atoms with Gasteiger partial charge in [0.05, 0.1) is 5.75 Å². The SMILES string of the molecule is CCS(=O)(=O)NCc1ccc2c(c1)CNC2. The summed E-state index contributed by atoms with van der Waals surface area (Å²) in [5.41, 5.74) is 3.59. The first-order valence-corrected chi connectivity index (χ1v) is 7.04. The first-order valence-electron chi connectivity index (χ1n) is 5.39. The van der Waals surface area contributed by atoms with Gasteiger partial charge in [-0.3, -0.25) is 0 Å². The van der Waals surface area contributed by atoms with Crippen LogP contribution in [0.4, 0.5) is 0 Å². The molecule has 1 aromatic carbocycles. The molecule has 0 saturated carbocycles. The Morgan fingerprint density at radius 3 is 2.81 bits per heavy atom. The zero-order valence-corrected chi connectivity index (χ0v) is 10.1. The van der Waals surface area contributed by atoms with E-state index < -0.39 is 10.0 Å². The molecule has 2 N–H and O–H groups in total. The molecule has 0 atom stereocenters. The van der Waals surface area contributed by atoms with Gasteiger partial charge in [0.2, 0.25) is 10.0 Å². The summed E-state index contributed by atoms with van der Waals surface area (Å²) in [7, 11) is -3.10. The van der Waals surface area contributed by atoms with Crippen LogP contribution in [0.5, 0.6) is 0 Å². The van der Waals surface area contributed by atoms with Crippen molar-refractivity contribution >= 4 is 10.0 Å². The topological polar surface area (TPSA) is 58.2 Å². The number of fused-ring (bicyclic) bond motifs is 1. The van der Waals surface area contributed by atoms with Gasteiger partial charge in [-0.1, -0.05) is 18.2 Å². The van der Waals surface area contributed by atoms with Crippen LogP contribution in [-0.2, 0) is 29.7 Å². The van der Waals surface area contributed by atoms with Crippen molar-refractivity contribution in [3.63, 3.8) is 0 Å². The maximum atomic E-state index is 11.3. The first kappa shape index (κ1) is 11.6. The molecule has 0 unspecified atom stereocenters. The zero-order valence-electron chi connectivity index (χ0n) is 9.29. The molecule has 1 heterocycles. The largest absolute Gasteiger partial charge is 0.309 e. The van der Waals surface area contributed by atoms with E-state index in [1.807, 2.05) is 6.07 Å². The summed E-state index contributed by atoms with van der Waals surface area (Å²) in [6.07, 6.45) is 0. The van der Waals surface area contributed by atoms with Gasteiger partial charge >= 0.3 is 0 Å². The Morgan fingerprint density at radius 2 is 2.06 bits per heavy atom. The molecule has 0 saturated heterocycles. The van der Waals surface area contributed by atoms with Gasteiger partial charge in [-0.25, -0.2) is 13.1 Å². The molecule has 4 nitrogen and oxygen atoms in total. The molecule has 16 heavy (non-hydrogen) atoms. The summed E-state index contributed by atoms with van der Waals surface area (Å²) < 4.78 is 25.1. The van der Waals surface area contributed by atoms with Crippen LogP contribution in [0.15, 0.2) is 18.2 Å². The second kappa shape index (κ2) is 4.53. The summed E-state index contributed by atoms with van der Waals surface area (Å²) in [6, 6.07) is 6.10. The van der Waals surface area contributed by atoms with E-state index in [0.717, 1.165) is 18.7 Å². The van der Waals surface area contributed by atoms with Crippen LogP contribution in [0.2, 0.25) is 0 Å². The lowest BCUT2D eigenvalue weighted by atomic mass is 10.1. The van der Waals surface area contributed by atoms with Crippen molar-refractivity contribution in [2.45, 2.75) is 26.6 Å². The molecule has 0 aromatic heterocycles. The minimum Gasteiger partial charge on any atom is -0.309 e. The van der Waals surface area contributed by atoms with E-state index in [1.165, 1.54) is 11.1 Å². The van der Waals surface area contributed by atoms with Crippen molar-refractivity contribution < 1.29 is 8.42 Å². The van der Waals surface area contributed by atoms with E-state index in [-0.39, 0.29) is 5.75 Å². The van der Waals surface area contributed by atoms with E-state index in [9.17, 15) is 8.42 Å². The summed E-state index contributed by atoms with van der Waals surface area (Å²) in [5, 5.41) is 3.26. The standard InChI is InChI=1S/C11H16N2O2S/c1-2-16(14,15)13-6-9-3-4-10-7-12-8-11(10)5-9/h3-5,12-13H,2,6-8H2,1H3. The van der Waals surface area contributed by atoms with Gasteiger partial charge in [-0.15, -0.1) is 0 Å². The van der Waals surface area contributed by atoms with Crippen molar-refractivity contribution in [1.29, 1.82) is 0 Å². The molecular formula is C11H16N2O2S. The number of hydrogen-bond acceptors (Lipinski definition) is 3. The van der Waals surface area contributed by atoms with Crippen LogP contribution in [0, 0.1) is 0 Å². The second-order valence-corrected chi connectivity index (χ2v) is 6.03. The minimum absolute atomic E-state index is 0.125. The Kier molecular flexibility index (Phi) is 3.28. The van der Waals surface area contributed by atoms with E-state index in [1.54, 1.807) is 6.92 Å². The summed E-state index contributed by atoms with van der Waals surface area (Å²) in [4.78, 5) is 0. The molecule has 1 aliphatic rings. The van der Waals surface area contributed by atoms with E-state index >= 15 is 0 Å². The highest BCUT2D eigenvalue weighted by Crippen LogP contribution is 2.16. The van der Waals surface area contributed by atoms with E-state index in [2.05, 4.69) is 22.2 Å². The first-order chi connectivity index (χ1) is 7.61. The van der Waals surface area contributed by atoms with Crippen LogP contribution in [0.3, 0.4) is 0 Å². The molecule has 5 heteroatoms. The highest BCUT2D eigenvalue weighted by atomic mass is 32.2. The minimum atomic E-state index is -3.10. The second-order valence-electron chi connectivity index (χ2n) is 3.93. The average Bonchev–Trinajstić information content (AvgIpc) is 2.73. The fraction of sp³-hybridized carbons (Fsp3) is 0.455. The maximum absolute atomic E-state index is 11.3. The van der Waals surface area contributed by atoms with Gasteiger partial charge in [-0.2, -0.15) is 0 Å². The Balaban J connectivity index is 2.06. The van der Waals surface area contributed by atoms with Crippen molar-refractivity contribution in [3.05, 3.63) is 34.9 Å². The molecule has 88 valence electrons. The molecule has 0 radical (unpaired) electrons. The third-order valence-corrected chi connectivity index (χ3v) is 4.12. The van der Waals surface area contributed by atoms with Gasteiger partial charge in [0, 0.05) is 19.6 Å². The van der Waals surface area contributed by atoms with Gasteiger partial charge in [0.1, 0.15) is 0 Å². The van der Waals surface area contributed by atoms with Crippen molar-refractivity contribution in [2.24, 2.45) is 0 Å². The highest BCUT2D eigenvalue weighted by Gasteiger charge is 2.11. The van der Waals surface area contributed by atoms with E-state index in [0.29, 0.717) is 6.54 Å². The van der Waals surface area contributed by atoms with Gasteiger partial charge in [-0.05, 0) is 23.6 Å². The predicted octanol–water partition coefficient (Wildman–Crippen LogP) is 0.729. The van der Waals surface area contributed by atoms with Crippen LogP contribution < -0.4 is 10.0 Å². The summed E-state index contributed by atoms with van der Waals surface area (Å²) in [6.45, 7) is 3.80. The zero-order chi connectivity index (χ0) is 11.6. The van der Waals surface area contributed by atoms with Crippen LogP contribution >= 0.6 is 0 Å². The highest BCUT2D eigenvalue weighted by molar-refractivity contribution is 7.89. The molecule has 0 bridgehead atoms. The van der Waals surface area contributed by atoms with E-state index in [4.69, 9.17) is 0 Å². The number of hydrogen-bond donors (Lipinski definition) is 2. The average molecular weight is 240 g/mol. The Labute approximate surface area is 96.1 Å². The molecular weight excluding hydrogens is 224 g/mol. The monoisotopic (exact) mass is 240 g/mol. The lowest BCUT2D eigenvalue weighted by molar-refractivity contribution is 0.582. The molecule has 2 rings (SSSR count). The Bertz CT molecular complexity index is 483. The van der Waals surface area contributed by atoms with Crippen LogP contribution in [0.25, 0.3) is 0 Å². The lowest BCUT2D eigenvalue weighted by Gasteiger charge is -2.06. The lowest BCUT2D eigenvalue weighted by Crippen LogP contribution is -2.24. The van der Waals surface area contributed by atoms with Gasteiger partial charge in [0.15, 0.2) is 0 Å². The van der Waals surface area contributed by atoms with Crippen LogP contribution in [-0.4, -0.2) is 14.2 Å². The number of rotatable bonds is 4. The fourth-order valence-corrected chi connectivity index (χ4v) is 2.34. The predicted molar refractivity (Wildman–Crippen MR) is 63.3 cm³/mol. The molecule has 1 aliphatic heterocycles. The smallest absolute Gasteiger partial charge is 0.211 e. The maximum Gasteiger partial charge on any atom is 0.211 e. The quantitative estimate of drug-likeness (QED) is 0.815. The Morgan fingerprint density at radius 1 is 1.31 bits per heavy atom. The van der Waals surface area contributed by atoms with Crippen LogP contribution in [0.1, 0.15) is 23.6 Å². The molecule has 1 aromatic rings.